The molecule has 1 heterocycles. The fraction of sp³-hybridized carbons (Fsp3) is 0.0714. The number of fused-ring (bicyclic) bond motifs is 1. The molecule has 0 saturated heterocycles. The third-order valence-corrected chi connectivity index (χ3v) is 4.95. The van der Waals surface area contributed by atoms with Gasteiger partial charge in [-0.3, -0.25) is 4.31 Å². The lowest BCUT2D eigenvalue weighted by atomic mass is 10.3. The molecule has 3 aromatic rings. The molecule has 0 aliphatic heterocycles. The van der Waals surface area contributed by atoms with E-state index in [1.807, 2.05) is 6.07 Å². The molecule has 0 fully saturated rings. The van der Waals surface area contributed by atoms with Gasteiger partial charge in [0.2, 0.25) is 0 Å². The van der Waals surface area contributed by atoms with Gasteiger partial charge in [-0.05, 0) is 30.3 Å². The van der Waals surface area contributed by atoms with E-state index in [-0.39, 0.29) is 4.90 Å². The molecule has 2 aromatic carbocycles. The van der Waals surface area contributed by atoms with Crippen molar-refractivity contribution < 1.29 is 8.42 Å². The van der Waals surface area contributed by atoms with Gasteiger partial charge in [0, 0.05) is 7.05 Å². The highest BCUT2D eigenvalue weighted by atomic mass is 32.2. The third kappa shape index (κ3) is 2.04. The van der Waals surface area contributed by atoms with Gasteiger partial charge in [-0.15, -0.1) is 0 Å². The lowest BCUT2D eigenvalue weighted by Gasteiger charge is -2.19. The van der Waals surface area contributed by atoms with E-state index in [4.69, 9.17) is 0 Å². The monoisotopic (exact) mass is 287 g/mol. The predicted octanol–water partition coefficient (Wildman–Crippen LogP) is 2.39. The molecule has 1 aromatic heterocycles. The summed E-state index contributed by atoms with van der Waals surface area (Å²) in [5.41, 5.74) is 2.07. The van der Waals surface area contributed by atoms with Crippen molar-refractivity contribution in [1.29, 1.82) is 0 Å². The van der Waals surface area contributed by atoms with Crippen LogP contribution < -0.4 is 4.31 Å². The summed E-state index contributed by atoms with van der Waals surface area (Å²) >= 11 is 0. The van der Waals surface area contributed by atoms with Crippen LogP contribution in [0.25, 0.3) is 11.0 Å². The van der Waals surface area contributed by atoms with Crippen molar-refractivity contribution in [3.8, 4) is 0 Å². The molecule has 3 rings (SSSR count). The van der Waals surface area contributed by atoms with Crippen LogP contribution >= 0.6 is 0 Å². The number of rotatable bonds is 3. The van der Waals surface area contributed by atoms with Gasteiger partial charge in [-0.25, -0.2) is 13.4 Å². The first-order valence-electron chi connectivity index (χ1n) is 6.06. The summed E-state index contributed by atoms with van der Waals surface area (Å²) in [7, 11) is -2.03. The van der Waals surface area contributed by atoms with Crippen LogP contribution in [0.4, 0.5) is 5.69 Å². The van der Waals surface area contributed by atoms with Crippen molar-refractivity contribution in [3.05, 3.63) is 54.9 Å². The Hall–Kier alpha value is -2.34. The molecule has 6 heteroatoms. The smallest absolute Gasteiger partial charge is 0.264 e. The maximum Gasteiger partial charge on any atom is 0.264 e. The fourth-order valence-electron chi connectivity index (χ4n) is 2.01. The fourth-order valence-corrected chi connectivity index (χ4v) is 3.23. The van der Waals surface area contributed by atoms with E-state index in [1.165, 1.54) is 4.31 Å². The van der Waals surface area contributed by atoms with E-state index in [0.717, 1.165) is 5.52 Å². The van der Waals surface area contributed by atoms with Crippen LogP contribution in [0.2, 0.25) is 0 Å². The molecule has 20 heavy (non-hydrogen) atoms. The number of anilines is 1. The molecule has 102 valence electrons. The topological polar surface area (TPSA) is 66.1 Å². The quantitative estimate of drug-likeness (QED) is 0.804. The van der Waals surface area contributed by atoms with Crippen LogP contribution in [0, 0.1) is 0 Å². The first-order chi connectivity index (χ1) is 9.59. The summed E-state index contributed by atoms with van der Waals surface area (Å²) in [4.78, 5) is 7.23. The zero-order valence-electron chi connectivity index (χ0n) is 10.8. The Labute approximate surface area is 116 Å². The zero-order chi connectivity index (χ0) is 14.2. The van der Waals surface area contributed by atoms with Crippen molar-refractivity contribution in [3.63, 3.8) is 0 Å². The van der Waals surface area contributed by atoms with Crippen LogP contribution in [0.1, 0.15) is 0 Å². The van der Waals surface area contributed by atoms with E-state index in [2.05, 4.69) is 9.97 Å². The standard InChI is InChI=1S/C14H13N3O2S/c1-17(11-5-3-2-4-6-11)20(18,19)12-7-8-13-14(9-12)16-10-15-13/h2-10H,1H3,(H,15,16). The minimum atomic E-state index is -3.58. The Bertz CT molecular complexity index is 841. The second-order valence-electron chi connectivity index (χ2n) is 4.39. The van der Waals surface area contributed by atoms with Crippen molar-refractivity contribution in [2.45, 2.75) is 4.90 Å². The van der Waals surface area contributed by atoms with Crippen LogP contribution in [0.5, 0.6) is 0 Å². The van der Waals surface area contributed by atoms with E-state index in [9.17, 15) is 8.42 Å². The number of aromatic amines is 1. The van der Waals surface area contributed by atoms with Gasteiger partial charge in [0.25, 0.3) is 10.0 Å². The number of hydrogen-bond acceptors (Lipinski definition) is 3. The van der Waals surface area contributed by atoms with Crippen LogP contribution in [0.15, 0.2) is 59.8 Å². The van der Waals surface area contributed by atoms with Crippen LogP contribution in [-0.4, -0.2) is 25.4 Å². The average Bonchev–Trinajstić information content (AvgIpc) is 2.94. The lowest BCUT2D eigenvalue weighted by molar-refractivity contribution is 0.594. The molecular formula is C14H13N3O2S. The van der Waals surface area contributed by atoms with Gasteiger partial charge in [-0.2, -0.15) is 0 Å². The van der Waals surface area contributed by atoms with E-state index in [0.29, 0.717) is 11.2 Å². The van der Waals surface area contributed by atoms with E-state index in [1.54, 1.807) is 55.8 Å². The SMILES string of the molecule is CN(c1ccccc1)S(=O)(=O)c1ccc2nc[nH]c2c1. The summed E-state index contributed by atoms with van der Waals surface area (Å²) in [6.45, 7) is 0. The Morgan fingerprint density at radius 1 is 1.10 bits per heavy atom. The van der Waals surface area contributed by atoms with Gasteiger partial charge in [-0.1, -0.05) is 18.2 Å². The zero-order valence-corrected chi connectivity index (χ0v) is 11.6. The normalized spacial score (nSPS) is 11.7. The van der Waals surface area contributed by atoms with Gasteiger partial charge in [0.1, 0.15) is 0 Å². The number of imidazole rings is 1. The van der Waals surface area contributed by atoms with Crippen molar-refractivity contribution >= 4 is 26.7 Å². The molecule has 0 bridgehead atoms. The Morgan fingerprint density at radius 3 is 2.60 bits per heavy atom. The highest BCUT2D eigenvalue weighted by molar-refractivity contribution is 7.92. The predicted molar refractivity (Wildman–Crippen MR) is 78.1 cm³/mol. The highest BCUT2D eigenvalue weighted by Gasteiger charge is 2.21. The number of aromatic nitrogens is 2. The lowest BCUT2D eigenvalue weighted by Crippen LogP contribution is -2.26. The van der Waals surface area contributed by atoms with Crippen molar-refractivity contribution in [1.82, 2.24) is 9.97 Å². The average molecular weight is 287 g/mol. The number of nitrogens with one attached hydrogen (secondary N) is 1. The summed E-state index contributed by atoms with van der Waals surface area (Å²) in [6.07, 6.45) is 1.54. The molecule has 1 N–H and O–H groups in total. The Morgan fingerprint density at radius 2 is 1.85 bits per heavy atom. The molecule has 0 aliphatic rings. The number of nitrogens with zero attached hydrogens (tertiary/aromatic N) is 2. The van der Waals surface area contributed by atoms with Crippen LogP contribution in [-0.2, 0) is 10.0 Å². The number of sulfonamides is 1. The molecular weight excluding hydrogens is 274 g/mol. The number of benzene rings is 2. The first kappa shape index (κ1) is 12.7. The molecule has 0 radical (unpaired) electrons. The Balaban J connectivity index is 2.07. The summed E-state index contributed by atoms with van der Waals surface area (Å²) in [5, 5.41) is 0. The maximum atomic E-state index is 12.6. The van der Waals surface area contributed by atoms with Gasteiger partial charge >= 0.3 is 0 Å². The van der Waals surface area contributed by atoms with E-state index >= 15 is 0 Å². The second-order valence-corrected chi connectivity index (χ2v) is 6.36. The van der Waals surface area contributed by atoms with Gasteiger partial charge in [0.05, 0.1) is 27.9 Å². The summed E-state index contributed by atoms with van der Waals surface area (Å²) in [6, 6.07) is 13.8. The Kier molecular flexibility index (Phi) is 2.94. The van der Waals surface area contributed by atoms with Gasteiger partial charge < -0.3 is 4.98 Å². The first-order valence-corrected chi connectivity index (χ1v) is 7.50. The largest absolute Gasteiger partial charge is 0.345 e. The molecule has 0 spiro atoms. The van der Waals surface area contributed by atoms with E-state index < -0.39 is 10.0 Å². The molecule has 0 unspecified atom stereocenters. The molecule has 5 nitrogen and oxygen atoms in total. The second kappa shape index (κ2) is 4.64. The van der Waals surface area contributed by atoms with Crippen molar-refractivity contribution in [2.75, 3.05) is 11.4 Å². The minimum Gasteiger partial charge on any atom is -0.345 e. The summed E-state index contributed by atoms with van der Waals surface area (Å²) < 4.78 is 26.4. The third-order valence-electron chi connectivity index (χ3n) is 3.17. The molecule has 0 aliphatic carbocycles. The number of para-hydroxylation sites is 1. The minimum absolute atomic E-state index is 0.237. The molecule has 0 atom stereocenters. The van der Waals surface area contributed by atoms with Crippen LogP contribution in [0.3, 0.4) is 0 Å². The summed E-state index contributed by atoms with van der Waals surface area (Å²) in [5.74, 6) is 0. The number of H-pyrrole nitrogens is 1. The van der Waals surface area contributed by atoms with Gasteiger partial charge in [0.15, 0.2) is 0 Å². The molecule has 0 saturated carbocycles. The van der Waals surface area contributed by atoms with Crippen molar-refractivity contribution in [2.24, 2.45) is 0 Å². The maximum absolute atomic E-state index is 12.6. The molecule has 0 amide bonds. The number of hydrogen-bond donors (Lipinski definition) is 1. The highest BCUT2D eigenvalue weighted by Crippen LogP contribution is 2.23.